The summed E-state index contributed by atoms with van der Waals surface area (Å²) >= 11 is 0. The van der Waals surface area contributed by atoms with Crippen LogP contribution in [0.15, 0.2) is 24.5 Å². The molecule has 0 aromatic carbocycles. The molecule has 21 heavy (non-hydrogen) atoms. The Kier molecular flexibility index (Phi) is 4.88. The second-order valence-corrected chi connectivity index (χ2v) is 6.60. The topological polar surface area (TPSA) is 28.6 Å². The van der Waals surface area contributed by atoms with Gasteiger partial charge in [0.2, 0.25) is 0 Å². The number of nitrogens with zero attached hydrogens (tertiary/aromatic N) is 3. The lowest BCUT2D eigenvalue weighted by atomic mass is 10.1. The van der Waals surface area contributed by atoms with E-state index < -0.39 is 0 Å². The number of hydrogen-bond donors (Lipinski definition) is 0. The van der Waals surface area contributed by atoms with Gasteiger partial charge in [0.25, 0.3) is 0 Å². The van der Waals surface area contributed by atoms with Crippen LogP contribution in [0.2, 0.25) is 0 Å². The molecule has 0 saturated carbocycles. The van der Waals surface area contributed by atoms with Gasteiger partial charge in [-0.3, -0.25) is 14.8 Å². The highest BCUT2D eigenvalue weighted by Crippen LogP contribution is 2.22. The van der Waals surface area contributed by atoms with E-state index in [2.05, 4.69) is 34.7 Å². The summed E-state index contributed by atoms with van der Waals surface area (Å²) < 4.78 is 5.84. The van der Waals surface area contributed by atoms with E-state index in [4.69, 9.17) is 4.74 Å². The molecule has 1 aromatic rings. The lowest BCUT2D eigenvalue weighted by Crippen LogP contribution is -2.50. The smallest absolute Gasteiger partial charge is 0.0678 e. The van der Waals surface area contributed by atoms with Crippen LogP contribution in [0.3, 0.4) is 0 Å². The number of aromatic nitrogens is 1. The minimum Gasteiger partial charge on any atom is -0.373 e. The van der Waals surface area contributed by atoms with E-state index in [0.717, 1.165) is 19.6 Å². The second-order valence-electron chi connectivity index (χ2n) is 6.60. The second kappa shape index (κ2) is 6.86. The maximum Gasteiger partial charge on any atom is 0.0678 e. The van der Waals surface area contributed by atoms with E-state index >= 15 is 0 Å². The van der Waals surface area contributed by atoms with Crippen molar-refractivity contribution in [1.82, 2.24) is 14.8 Å². The van der Waals surface area contributed by atoms with Crippen molar-refractivity contribution in [3.63, 3.8) is 0 Å². The fourth-order valence-electron chi connectivity index (χ4n) is 3.77. The van der Waals surface area contributed by atoms with Crippen molar-refractivity contribution in [3.05, 3.63) is 30.1 Å². The third kappa shape index (κ3) is 4.02. The van der Waals surface area contributed by atoms with E-state index in [1.165, 1.54) is 31.5 Å². The summed E-state index contributed by atoms with van der Waals surface area (Å²) in [5.41, 5.74) is 1.33. The highest BCUT2D eigenvalue weighted by atomic mass is 16.5. The molecule has 2 saturated heterocycles. The summed E-state index contributed by atoms with van der Waals surface area (Å²) in [6.07, 6.45) is 7.21. The quantitative estimate of drug-likeness (QED) is 0.849. The molecule has 3 atom stereocenters. The van der Waals surface area contributed by atoms with Gasteiger partial charge in [0.05, 0.1) is 12.2 Å². The lowest BCUT2D eigenvalue weighted by molar-refractivity contribution is -0.0724. The van der Waals surface area contributed by atoms with Gasteiger partial charge in [-0.05, 0) is 44.9 Å². The summed E-state index contributed by atoms with van der Waals surface area (Å²) in [5, 5.41) is 0. The summed E-state index contributed by atoms with van der Waals surface area (Å²) in [7, 11) is 0. The molecule has 0 bridgehead atoms. The van der Waals surface area contributed by atoms with Gasteiger partial charge in [-0.25, -0.2) is 0 Å². The number of morpholine rings is 1. The van der Waals surface area contributed by atoms with Crippen LogP contribution in [0, 0.1) is 0 Å². The molecule has 3 rings (SSSR count). The zero-order valence-corrected chi connectivity index (χ0v) is 13.2. The Bertz CT molecular complexity index is 429. The first-order valence-corrected chi connectivity index (χ1v) is 8.21. The maximum absolute atomic E-state index is 5.84. The van der Waals surface area contributed by atoms with Crippen LogP contribution >= 0.6 is 0 Å². The molecule has 0 aliphatic carbocycles. The molecule has 3 heterocycles. The van der Waals surface area contributed by atoms with Crippen molar-refractivity contribution in [2.45, 2.75) is 51.5 Å². The Labute approximate surface area is 128 Å². The van der Waals surface area contributed by atoms with Gasteiger partial charge in [-0.1, -0.05) is 6.07 Å². The number of ether oxygens (including phenoxy) is 1. The number of hydrogen-bond acceptors (Lipinski definition) is 4. The first kappa shape index (κ1) is 14.9. The SMILES string of the molecule is CC1CN(CC2CCCN2Cc2cccnc2)CC(C)O1. The predicted molar refractivity (Wildman–Crippen MR) is 84.1 cm³/mol. The van der Waals surface area contributed by atoms with Crippen molar-refractivity contribution in [2.24, 2.45) is 0 Å². The van der Waals surface area contributed by atoms with E-state index in [0.29, 0.717) is 18.2 Å². The summed E-state index contributed by atoms with van der Waals surface area (Å²) in [6.45, 7) is 9.94. The third-order valence-electron chi connectivity index (χ3n) is 4.57. The van der Waals surface area contributed by atoms with Gasteiger partial charge < -0.3 is 4.74 Å². The van der Waals surface area contributed by atoms with Crippen molar-refractivity contribution in [3.8, 4) is 0 Å². The average molecular weight is 289 g/mol. The first-order valence-electron chi connectivity index (χ1n) is 8.21. The Morgan fingerprint density at radius 2 is 2.10 bits per heavy atom. The third-order valence-corrected chi connectivity index (χ3v) is 4.57. The standard InChI is InChI=1S/C17H27N3O/c1-14-10-19(11-15(2)21-14)13-17-6-4-8-20(17)12-16-5-3-7-18-9-16/h3,5,7,9,14-15,17H,4,6,8,10-13H2,1-2H3. The van der Waals surface area contributed by atoms with Crippen LogP contribution in [0.4, 0.5) is 0 Å². The van der Waals surface area contributed by atoms with Gasteiger partial charge in [0.15, 0.2) is 0 Å². The number of likely N-dealkylation sites (tertiary alicyclic amines) is 1. The molecule has 116 valence electrons. The van der Waals surface area contributed by atoms with Gasteiger partial charge in [0, 0.05) is 44.6 Å². The van der Waals surface area contributed by atoms with E-state index in [9.17, 15) is 0 Å². The minimum atomic E-state index is 0.363. The van der Waals surface area contributed by atoms with Crippen LogP contribution in [0.25, 0.3) is 0 Å². The molecular weight excluding hydrogens is 262 g/mol. The maximum atomic E-state index is 5.84. The average Bonchev–Trinajstić information content (AvgIpc) is 2.86. The zero-order valence-electron chi connectivity index (χ0n) is 13.2. The van der Waals surface area contributed by atoms with E-state index in [-0.39, 0.29) is 0 Å². The van der Waals surface area contributed by atoms with Gasteiger partial charge in [-0.2, -0.15) is 0 Å². The molecule has 4 heteroatoms. The Morgan fingerprint density at radius 3 is 2.81 bits per heavy atom. The predicted octanol–water partition coefficient (Wildman–Crippen LogP) is 2.16. The van der Waals surface area contributed by atoms with Gasteiger partial charge in [-0.15, -0.1) is 0 Å². The minimum absolute atomic E-state index is 0.363. The normalized spacial score (nSPS) is 31.6. The molecule has 2 aliphatic rings. The number of pyridine rings is 1. The fraction of sp³-hybridized carbons (Fsp3) is 0.706. The summed E-state index contributed by atoms with van der Waals surface area (Å²) in [6, 6.07) is 4.90. The van der Waals surface area contributed by atoms with Crippen LogP contribution in [-0.2, 0) is 11.3 Å². The van der Waals surface area contributed by atoms with Crippen molar-refractivity contribution in [2.75, 3.05) is 26.2 Å². The van der Waals surface area contributed by atoms with Crippen LogP contribution in [0.1, 0.15) is 32.3 Å². The Morgan fingerprint density at radius 1 is 1.29 bits per heavy atom. The highest BCUT2D eigenvalue weighted by Gasteiger charge is 2.29. The van der Waals surface area contributed by atoms with E-state index in [1.54, 1.807) is 0 Å². The van der Waals surface area contributed by atoms with E-state index in [1.807, 2.05) is 18.5 Å². The molecule has 0 amide bonds. The fourth-order valence-corrected chi connectivity index (χ4v) is 3.77. The largest absolute Gasteiger partial charge is 0.373 e. The van der Waals surface area contributed by atoms with Crippen LogP contribution in [0.5, 0.6) is 0 Å². The van der Waals surface area contributed by atoms with Crippen molar-refractivity contribution in [1.29, 1.82) is 0 Å². The number of rotatable bonds is 4. The van der Waals surface area contributed by atoms with Crippen LogP contribution in [-0.4, -0.2) is 59.2 Å². The van der Waals surface area contributed by atoms with Crippen molar-refractivity contribution >= 4 is 0 Å². The van der Waals surface area contributed by atoms with Crippen LogP contribution < -0.4 is 0 Å². The molecule has 0 spiro atoms. The molecule has 2 fully saturated rings. The Hall–Kier alpha value is -0.970. The summed E-state index contributed by atoms with van der Waals surface area (Å²) in [4.78, 5) is 9.45. The highest BCUT2D eigenvalue weighted by molar-refractivity contribution is 5.09. The monoisotopic (exact) mass is 289 g/mol. The lowest BCUT2D eigenvalue weighted by Gasteiger charge is -2.38. The molecular formula is C17H27N3O. The van der Waals surface area contributed by atoms with Gasteiger partial charge in [0.1, 0.15) is 0 Å². The Balaban J connectivity index is 1.57. The summed E-state index contributed by atoms with van der Waals surface area (Å²) in [5.74, 6) is 0. The molecule has 1 aromatic heterocycles. The van der Waals surface area contributed by atoms with Gasteiger partial charge >= 0.3 is 0 Å². The molecule has 0 N–H and O–H groups in total. The van der Waals surface area contributed by atoms with Crippen molar-refractivity contribution < 1.29 is 4.74 Å². The molecule has 2 aliphatic heterocycles. The first-order chi connectivity index (χ1) is 10.2. The molecule has 4 nitrogen and oxygen atoms in total. The zero-order chi connectivity index (χ0) is 14.7. The molecule has 0 radical (unpaired) electrons. The molecule has 3 unspecified atom stereocenters.